The van der Waals surface area contributed by atoms with Crippen molar-refractivity contribution >= 4 is 0 Å². The van der Waals surface area contributed by atoms with Crippen molar-refractivity contribution < 1.29 is 14.0 Å². The number of benzene rings is 1. The van der Waals surface area contributed by atoms with E-state index in [4.69, 9.17) is 19.7 Å². The first-order valence-corrected chi connectivity index (χ1v) is 6.08. The number of rotatable bonds is 6. The first-order chi connectivity index (χ1) is 9.26. The first-order valence-electron chi connectivity index (χ1n) is 6.08. The van der Waals surface area contributed by atoms with Crippen molar-refractivity contribution in [2.75, 3.05) is 7.11 Å². The predicted octanol–water partition coefficient (Wildman–Crippen LogP) is 1.68. The smallest absolute Gasteiger partial charge is 0.226 e. The highest BCUT2D eigenvalue weighted by Gasteiger charge is 2.09. The average Bonchev–Trinajstić information content (AvgIpc) is 2.92. The maximum Gasteiger partial charge on any atom is 0.226 e. The fourth-order valence-electron chi connectivity index (χ4n) is 1.60. The Balaban J connectivity index is 2.09. The van der Waals surface area contributed by atoms with Crippen LogP contribution in [0.3, 0.4) is 0 Å². The molecule has 19 heavy (non-hydrogen) atoms. The van der Waals surface area contributed by atoms with Crippen LogP contribution in [0.4, 0.5) is 0 Å². The lowest BCUT2D eigenvalue weighted by Crippen LogP contribution is -2.02. The van der Waals surface area contributed by atoms with Gasteiger partial charge in [-0.05, 0) is 17.7 Å². The van der Waals surface area contributed by atoms with Crippen molar-refractivity contribution in [2.24, 2.45) is 5.73 Å². The Morgan fingerprint density at radius 1 is 1.32 bits per heavy atom. The molecule has 1 aromatic carbocycles. The number of aromatic nitrogens is 2. The summed E-state index contributed by atoms with van der Waals surface area (Å²) >= 11 is 0. The van der Waals surface area contributed by atoms with Gasteiger partial charge in [0.2, 0.25) is 11.7 Å². The zero-order valence-electron chi connectivity index (χ0n) is 11.0. The van der Waals surface area contributed by atoms with E-state index in [9.17, 15) is 0 Å². The molecule has 102 valence electrons. The zero-order chi connectivity index (χ0) is 13.7. The summed E-state index contributed by atoms with van der Waals surface area (Å²) in [6.45, 7) is 2.63. The van der Waals surface area contributed by atoms with Crippen LogP contribution in [0.2, 0.25) is 0 Å². The van der Waals surface area contributed by atoms with Gasteiger partial charge in [-0.2, -0.15) is 4.98 Å². The first kappa shape index (κ1) is 13.4. The molecular formula is C13H17N3O3. The number of methoxy groups -OCH3 is 1. The molecule has 0 fully saturated rings. The van der Waals surface area contributed by atoms with Gasteiger partial charge in [-0.15, -0.1) is 0 Å². The van der Waals surface area contributed by atoms with Gasteiger partial charge in [0.25, 0.3) is 0 Å². The molecule has 1 heterocycles. The Labute approximate surface area is 111 Å². The molecule has 0 aliphatic heterocycles. The van der Waals surface area contributed by atoms with Crippen LogP contribution in [0, 0.1) is 0 Å². The van der Waals surface area contributed by atoms with Gasteiger partial charge in [-0.3, -0.25) is 0 Å². The molecule has 0 atom stereocenters. The maximum atomic E-state index is 5.65. The van der Waals surface area contributed by atoms with E-state index in [0.29, 0.717) is 36.2 Å². The third-order valence-corrected chi connectivity index (χ3v) is 2.63. The van der Waals surface area contributed by atoms with Crippen LogP contribution in [0.15, 0.2) is 22.7 Å². The summed E-state index contributed by atoms with van der Waals surface area (Å²) in [5.41, 5.74) is 6.57. The van der Waals surface area contributed by atoms with E-state index in [-0.39, 0.29) is 6.61 Å². The lowest BCUT2D eigenvalue weighted by atomic mass is 10.2. The highest BCUT2D eigenvalue weighted by molar-refractivity contribution is 5.42. The number of aryl methyl sites for hydroxylation is 1. The van der Waals surface area contributed by atoms with E-state index >= 15 is 0 Å². The van der Waals surface area contributed by atoms with E-state index in [2.05, 4.69) is 10.1 Å². The summed E-state index contributed by atoms with van der Waals surface area (Å²) in [4.78, 5) is 4.17. The molecule has 0 amide bonds. The minimum absolute atomic E-state index is 0.230. The summed E-state index contributed by atoms with van der Waals surface area (Å²) < 4.78 is 15.9. The van der Waals surface area contributed by atoms with Gasteiger partial charge in [-0.1, -0.05) is 18.1 Å². The van der Waals surface area contributed by atoms with Crippen LogP contribution in [0.1, 0.15) is 24.2 Å². The molecule has 0 saturated carbocycles. The Hall–Kier alpha value is -2.08. The van der Waals surface area contributed by atoms with Crippen LogP contribution in [0.5, 0.6) is 11.5 Å². The number of nitrogens with two attached hydrogens (primary N) is 1. The molecule has 2 N–H and O–H groups in total. The minimum atomic E-state index is 0.230. The summed E-state index contributed by atoms with van der Waals surface area (Å²) in [5.74, 6) is 2.38. The summed E-state index contributed by atoms with van der Waals surface area (Å²) in [5, 5.41) is 3.82. The molecular weight excluding hydrogens is 246 g/mol. The second-order valence-corrected chi connectivity index (χ2v) is 3.94. The largest absolute Gasteiger partial charge is 0.493 e. The van der Waals surface area contributed by atoms with Crippen LogP contribution in [-0.2, 0) is 19.6 Å². The van der Waals surface area contributed by atoms with Gasteiger partial charge >= 0.3 is 0 Å². The fourth-order valence-corrected chi connectivity index (χ4v) is 1.60. The highest BCUT2D eigenvalue weighted by atomic mass is 16.5. The van der Waals surface area contributed by atoms with Crippen LogP contribution >= 0.6 is 0 Å². The monoisotopic (exact) mass is 263 g/mol. The van der Waals surface area contributed by atoms with E-state index < -0.39 is 0 Å². The van der Waals surface area contributed by atoms with Crippen molar-refractivity contribution in [1.82, 2.24) is 10.1 Å². The Morgan fingerprint density at radius 2 is 2.16 bits per heavy atom. The van der Waals surface area contributed by atoms with Crippen molar-refractivity contribution in [3.05, 3.63) is 35.5 Å². The molecule has 0 unspecified atom stereocenters. The van der Waals surface area contributed by atoms with Gasteiger partial charge in [-0.25, -0.2) is 0 Å². The maximum absolute atomic E-state index is 5.65. The third kappa shape index (κ3) is 3.23. The SMILES string of the molecule is CCc1nc(COc2cc(CN)ccc2OC)no1. The van der Waals surface area contributed by atoms with E-state index in [1.165, 1.54) is 0 Å². The fraction of sp³-hybridized carbons (Fsp3) is 0.385. The van der Waals surface area contributed by atoms with Crippen LogP contribution in [0.25, 0.3) is 0 Å². The molecule has 0 saturated heterocycles. The van der Waals surface area contributed by atoms with Crippen molar-refractivity contribution in [3.63, 3.8) is 0 Å². The van der Waals surface area contributed by atoms with Crippen molar-refractivity contribution in [1.29, 1.82) is 0 Å². The molecule has 0 bridgehead atoms. The van der Waals surface area contributed by atoms with Crippen molar-refractivity contribution in [2.45, 2.75) is 26.5 Å². The lowest BCUT2D eigenvalue weighted by molar-refractivity contribution is 0.269. The van der Waals surface area contributed by atoms with Crippen LogP contribution in [-0.4, -0.2) is 17.3 Å². The topological polar surface area (TPSA) is 83.4 Å². The molecule has 0 aliphatic rings. The van der Waals surface area contributed by atoms with Crippen LogP contribution < -0.4 is 15.2 Å². The van der Waals surface area contributed by atoms with Crippen molar-refractivity contribution in [3.8, 4) is 11.5 Å². The van der Waals surface area contributed by atoms with Gasteiger partial charge in [0.1, 0.15) is 0 Å². The lowest BCUT2D eigenvalue weighted by Gasteiger charge is -2.10. The quantitative estimate of drug-likeness (QED) is 0.853. The summed E-state index contributed by atoms with van der Waals surface area (Å²) in [6.07, 6.45) is 0.707. The molecule has 0 spiro atoms. The number of hydrogen-bond acceptors (Lipinski definition) is 6. The molecule has 6 nitrogen and oxygen atoms in total. The second-order valence-electron chi connectivity index (χ2n) is 3.94. The Morgan fingerprint density at radius 3 is 2.79 bits per heavy atom. The standard InChI is InChI=1S/C13H17N3O3/c1-3-13-15-12(16-19-13)8-18-11-6-9(7-14)4-5-10(11)17-2/h4-6H,3,7-8,14H2,1-2H3. The second kappa shape index (κ2) is 6.19. The number of ether oxygens (including phenoxy) is 2. The van der Waals surface area contributed by atoms with E-state index in [0.717, 1.165) is 5.56 Å². The zero-order valence-corrected chi connectivity index (χ0v) is 11.0. The predicted molar refractivity (Wildman–Crippen MR) is 68.9 cm³/mol. The van der Waals surface area contributed by atoms with Gasteiger partial charge in [0.15, 0.2) is 18.1 Å². The molecule has 2 aromatic rings. The molecule has 2 rings (SSSR count). The molecule has 0 aliphatic carbocycles. The normalized spacial score (nSPS) is 10.5. The Bertz CT molecular complexity index is 540. The minimum Gasteiger partial charge on any atom is -0.493 e. The summed E-state index contributed by atoms with van der Waals surface area (Å²) in [6, 6.07) is 5.57. The van der Waals surface area contributed by atoms with E-state index in [1.54, 1.807) is 7.11 Å². The van der Waals surface area contributed by atoms with E-state index in [1.807, 2.05) is 25.1 Å². The van der Waals surface area contributed by atoms with Gasteiger partial charge in [0.05, 0.1) is 7.11 Å². The van der Waals surface area contributed by atoms with Gasteiger partial charge < -0.3 is 19.7 Å². The third-order valence-electron chi connectivity index (χ3n) is 2.63. The number of nitrogens with zero attached hydrogens (tertiary/aromatic N) is 2. The molecule has 0 radical (unpaired) electrons. The molecule has 1 aromatic heterocycles. The molecule has 6 heteroatoms. The highest BCUT2D eigenvalue weighted by Crippen LogP contribution is 2.28. The average molecular weight is 263 g/mol. The number of hydrogen-bond donors (Lipinski definition) is 1. The Kier molecular flexibility index (Phi) is 4.35. The summed E-state index contributed by atoms with van der Waals surface area (Å²) in [7, 11) is 1.59. The van der Waals surface area contributed by atoms with Gasteiger partial charge in [0, 0.05) is 13.0 Å².